The average Bonchev–Trinajstić information content (AvgIpc) is 3.56. The highest BCUT2D eigenvalue weighted by Crippen LogP contribution is 2.42. The van der Waals surface area contributed by atoms with Crippen molar-refractivity contribution in [3.8, 4) is 11.1 Å². The molecular formula is C36H44N2O4. The molecule has 42 heavy (non-hydrogen) atoms. The molecule has 3 aromatic rings. The molecule has 0 spiro atoms. The second kappa shape index (κ2) is 14.3. The summed E-state index contributed by atoms with van der Waals surface area (Å²) in [6, 6.07) is 25.2. The highest BCUT2D eigenvalue weighted by Gasteiger charge is 2.40. The third-order valence-corrected chi connectivity index (χ3v) is 8.78. The van der Waals surface area contributed by atoms with Crippen LogP contribution in [0.1, 0.15) is 74.2 Å². The molecule has 222 valence electrons. The summed E-state index contributed by atoms with van der Waals surface area (Å²) in [6.07, 6.45) is 6.35. The third-order valence-electron chi connectivity index (χ3n) is 8.78. The fraction of sp³-hybridized carbons (Fsp3) is 0.417. The van der Waals surface area contributed by atoms with Gasteiger partial charge < -0.3 is 19.9 Å². The van der Waals surface area contributed by atoms with Gasteiger partial charge >= 0.3 is 0 Å². The zero-order valence-electron chi connectivity index (χ0n) is 24.9. The van der Waals surface area contributed by atoms with E-state index in [2.05, 4.69) is 66.2 Å². The summed E-state index contributed by atoms with van der Waals surface area (Å²) in [5.74, 6) is 0.0885. The van der Waals surface area contributed by atoms with Gasteiger partial charge in [-0.15, -0.1) is 6.58 Å². The Morgan fingerprint density at radius 2 is 1.69 bits per heavy atom. The number of aliphatic hydroxyl groups excluding tert-OH is 1. The number of nitrogens with zero attached hydrogens (tertiary/aromatic N) is 1. The van der Waals surface area contributed by atoms with Gasteiger partial charge in [0, 0.05) is 44.1 Å². The van der Waals surface area contributed by atoms with Crippen molar-refractivity contribution in [2.45, 2.75) is 77.2 Å². The number of nitrogens with one attached hydrogen (secondary N) is 1. The number of carbonyl (C=O) groups is 1. The van der Waals surface area contributed by atoms with Crippen molar-refractivity contribution in [3.63, 3.8) is 0 Å². The number of hydrogen-bond donors (Lipinski definition) is 2. The van der Waals surface area contributed by atoms with Crippen LogP contribution < -0.4 is 5.32 Å². The number of benzene rings is 3. The van der Waals surface area contributed by atoms with E-state index < -0.39 is 6.29 Å². The molecule has 3 aromatic carbocycles. The van der Waals surface area contributed by atoms with Gasteiger partial charge in [-0.05, 0) is 40.7 Å². The van der Waals surface area contributed by atoms with Gasteiger partial charge in [0.25, 0.3) is 0 Å². The number of carbonyl (C=O) groups excluding carboxylic acids is 1. The third kappa shape index (κ3) is 7.19. The number of hydrogen-bond acceptors (Lipinski definition) is 5. The number of aliphatic hydroxyl groups is 1. The largest absolute Gasteiger partial charge is 0.392 e. The summed E-state index contributed by atoms with van der Waals surface area (Å²) in [6.45, 7) is 9.99. The van der Waals surface area contributed by atoms with Crippen LogP contribution in [0, 0.1) is 5.92 Å². The Morgan fingerprint density at radius 3 is 2.36 bits per heavy atom. The van der Waals surface area contributed by atoms with E-state index in [1.807, 2.05) is 36.4 Å². The molecule has 0 bridgehead atoms. The fourth-order valence-corrected chi connectivity index (χ4v) is 6.36. The van der Waals surface area contributed by atoms with Crippen LogP contribution in [-0.2, 0) is 27.4 Å². The first-order valence-corrected chi connectivity index (χ1v) is 15.2. The maximum absolute atomic E-state index is 11.5. The Kier molecular flexibility index (Phi) is 10.2. The molecule has 4 atom stereocenters. The lowest BCUT2D eigenvalue weighted by atomic mass is 9.89. The maximum Gasteiger partial charge on any atom is 0.217 e. The molecule has 5 rings (SSSR count). The van der Waals surface area contributed by atoms with Crippen molar-refractivity contribution in [1.29, 1.82) is 0 Å². The van der Waals surface area contributed by atoms with Gasteiger partial charge in [0.05, 0.1) is 18.8 Å². The fourth-order valence-electron chi connectivity index (χ4n) is 6.36. The average molecular weight is 569 g/mol. The van der Waals surface area contributed by atoms with Crippen LogP contribution in [0.4, 0.5) is 0 Å². The van der Waals surface area contributed by atoms with Crippen molar-refractivity contribution in [2.24, 2.45) is 5.92 Å². The molecule has 0 aromatic heterocycles. The van der Waals surface area contributed by atoms with E-state index in [9.17, 15) is 9.90 Å². The Balaban J connectivity index is 1.41. The highest BCUT2D eigenvalue weighted by molar-refractivity contribution is 5.74. The molecule has 2 fully saturated rings. The molecule has 2 N–H and O–H groups in total. The molecule has 1 heterocycles. The Morgan fingerprint density at radius 1 is 1.00 bits per heavy atom. The predicted molar refractivity (Wildman–Crippen MR) is 166 cm³/mol. The molecule has 1 aliphatic carbocycles. The quantitative estimate of drug-likeness (QED) is 0.252. The van der Waals surface area contributed by atoms with E-state index in [-0.39, 0.29) is 30.6 Å². The Hall–Kier alpha value is -3.29. The van der Waals surface area contributed by atoms with Crippen LogP contribution in [0.5, 0.6) is 0 Å². The van der Waals surface area contributed by atoms with Gasteiger partial charge in [-0.3, -0.25) is 9.69 Å². The molecule has 1 saturated heterocycles. The van der Waals surface area contributed by atoms with Gasteiger partial charge in [0.2, 0.25) is 5.91 Å². The number of rotatable bonds is 11. The van der Waals surface area contributed by atoms with Gasteiger partial charge in [-0.25, -0.2) is 0 Å². The van der Waals surface area contributed by atoms with E-state index in [1.165, 1.54) is 32.6 Å². The zero-order chi connectivity index (χ0) is 29.5. The molecular weight excluding hydrogens is 524 g/mol. The summed E-state index contributed by atoms with van der Waals surface area (Å²) < 4.78 is 13.5. The summed E-state index contributed by atoms with van der Waals surface area (Å²) in [5, 5.41) is 12.5. The lowest BCUT2D eigenvalue weighted by Gasteiger charge is -2.43. The van der Waals surface area contributed by atoms with Gasteiger partial charge in [0.1, 0.15) is 0 Å². The Labute approximate surface area is 250 Å². The molecule has 6 heteroatoms. The molecule has 0 radical (unpaired) electrons. The lowest BCUT2D eigenvalue weighted by molar-refractivity contribution is -0.276. The van der Waals surface area contributed by atoms with Gasteiger partial charge in [-0.2, -0.15) is 0 Å². The van der Waals surface area contributed by atoms with Crippen molar-refractivity contribution < 1.29 is 19.4 Å². The minimum Gasteiger partial charge on any atom is -0.392 e. The second-order valence-corrected chi connectivity index (χ2v) is 11.7. The molecule has 4 unspecified atom stereocenters. The van der Waals surface area contributed by atoms with Gasteiger partial charge in [0.15, 0.2) is 6.29 Å². The minimum atomic E-state index is -0.508. The predicted octanol–water partition coefficient (Wildman–Crippen LogP) is 6.70. The first-order chi connectivity index (χ1) is 20.5. The van der Waals surface area contributed by atoms with E-state index in [1.54, 1.807) is 0 Å². The lowest BCUT2D eigenvalue weighted by Crippen LogP contribution is -2.47. The van der Waals surface area contributed by atoms with Gasteiger partial charge in [-0.1, -0.05) is 98.6 Å². The van der Waals surface area contributed by atoms with Crippen LogP contribution >= 0.6 is 0 Å². The van der Waals surface area contributed by atoms with E-state index >= 15 is 0 Å². The summed E-state index contributed by atoms with van der Waals surface area (Å²) in [7, 11) is 0. The summed E-state index contributed by atoms with van der Waals surface area (Å²) >= 11 is 0. The first kappa shape index (κ1) is 30.2. The first-order valence-electron chi connectivity index (χ1n) is 15.2. The van der Waals surface area contributed by atoms with E-state index in [4.69, 9.17) is 9.47 Å². The van der Waals surface area contributed by atoms with Crippen LogP contribution in [0.15, 0.2) is 85.5 Å². The summed E-state index contributed by atoms with van der Waals surface area (Å²) in [4.78, 5) is 14.1. The highest BCUT2D eigenvalue weighted by atomic mass is 16.7. The van der Waals surface area contributed by atoms with E-state index in [0.29, 0.717) is 12.6 Å². The maximum atomic E-state index is 11.5. The van der Waals surface area contributed by atoms with Crippen LogP contribution in [0.25, 0.3) is 11.1 Å². The molecule has 1 aliphatic heterocycles. The van der Waals surface area contributed by atoms with E-state index in [0.717, 1.165) is 46.5 Å². The smallest absolute Gasteiger partial charge is 0.217 e. The van der Waals surface area contributed by atoms with Crippen LogP contribution in [0.3, 0.4) is 0 Å². The monoisotopic (exact) mass is 568 g/mol. The van der Waals surface area contributed by atoms with Crippen molar-refractivity contribution in [2.75, 3.05) is 13.1 Å². The molecule has 6 nitrogen and oxygen atoms in total. The minimum absolute atomic E-state index is 0.0217. The SMILES string of the molecule is C=CCN(CC1OC(c2ccc(-c3ccccc3CNC(C)=O)cc2)OC(c2ccc(CO)cc2)C1C)C1CCCC1. The number of amides is 1. The molecule has 1 amide bonds. The normalized spacial score (nSPS) is 22.8. The summed E-state index contributed by atoms with van der Waals surface area (Å²) in [5.41, 5.74) is 6.20. The standard InChI is InChI=1S/C36H44N2O4/c1-4-21-38(32-10-6-7-11-32)23-34-25(2)35(29-15-13-27(24-39)14-16-29)42-36(41-34)30-19-17-28(18-20-30)33-12-8-5-9-31(33)22-37-26(3)40/h4-5,8-9,12-20,25,32,34-36,39H,1,6-7,10-11,21-24H2,2-3H3,(H,37,40). The number of ether oxygens (including phenoxy) is 2. The molecule has 1 saturated carbocycles. The molecule has 2 aliphatic rings. The topological polar surface area (TPSA) is 71.0 Å². The van der Waals surface area contributed by atoms with Crippen LogP contribution in [0.2, 0.25) is 0 Å². The second-order valence-electron chi connectivity index (χ2n) is 11.7. The Bertz CT molecular complexity index is 1320. The zero-order valence-corrected chi connectivity index (χ0v) is 24.9. The van der Waals surface area contributed by atoms with Crippen molar-refractivity contribution in [3.05, 3.63) is 108 Å². The van der Waals surface area contributed by atoms with Crippen LogP contribution in [-0.4, -0.2) is 41.1 Å². The van der Waals surface area contributed by atoms with Crippen molar-refractivity contribution >= 4 is 5.91 Å². The van der Waals surface area contributed by atoms with Crippen molar-refractivity contribution in [1.82, 2.24) is 10.2 Å².